The second kappa shape index (κ2) is 6.49. The second-order valence-electron chi connectivity index (χ2n) is 4.59. The topological polar surface area (TPSA) is 12.0 Å². The molecule has 0 aromatic heterocycles. The van der Waals surface area contributed by atoms with Gasteiger partial charge in [0.25, 0.3) is 0 Å². The van der Waals surface area contributed by atoms with Crippen molar-refractivity contribution >= 4 is 0 Å². The van der Waals surface area contributed by atoms with Gasteiger partial charge in [-0.15, -0.1) is 0 Å². The van der Waals surface area contributed by atoms with Crippen molar-refractivity contribution in [2.75, 3.05) is 0 Å². The van der Waals surface area contributed by atoms with Gasteiger partial charge in [0.1, 0.15) is 0 Å². The highest BCUT2D eigenvalue weighted by atomic mass is 14.9. The Labute approximate surface area is 94.0 Å². The van der Waals surface area contributed by atoms with E-state index in [0.29, 0.717) is 5.92 Å². The van der Waals surface area contributed by atoms with Crippen LogP contribution < -0.4 is 5.32 Å². The third kappa shape index (κ3) is 4.37. The maximum absolute atomic E-state index is 3.37. The molecule has 1 aliphatic heterocycles. The SMILES string of the molecule is CCC(CCC(C)C)C1=CC=CC=CN1. The Hall–Kier alpha value is -0.980. The summed E-state index contributed by atoms with van der Waals surface area (Å²) in [7, 11) is 0. The summed E-state index contributed by atoms with van der Waals surface area (Å²) in [5.74, 6) is 1.48. The van der Waals surface area contributed by atoms with Crippen LogP contribution in [0.3, 0.4) is 0 Å². The van der Waals surface area contributed by atoms with Crippen LogP contribution in [-0.2, 0) is 0 Å². The molecule has 1 N–H and O–H groups in total. The van der Waals surface area contributed by atoms with Crippen molar-refractivity contribution in [3.8, 4) is 0 Å². The monoisotopic (exact) mass is 205 g/mol. The highest BCUT2D eigenvalue weighted by Gasteiger charge is 2.11. The molecule has 0 radical (unpaired) electrons. The molecule has 1 unspecified atom stereocenters. The van der Waals surface area contributed by atoms with Crippen LogP contribution in [0.4, 0.5) is 0 Å². The van der Waals surface area contributed by atoms with Crippen LogP contribution in [0.15, 0.2) is 36.2 Å². The third-order valence-electron chi connectivity index (χ3n) is 2.87. The Morgan fingerprint density at radius 2 is 1.93 bits per heavy atom. The Morgan fingerprint density at radius 3 is 2.60 bits per heavy atom. The van der Waals surface area contributed by atoms with Crippen molar-refractivity contribution in [2.45, 2.75) is 40.0 Å². The zero-order chi connectivity index (χ0) is 11.1. The Bertz CT molecular complexity index is 259. The molecule has 0 saturated carbocycles. The van der Waals surface area contributed by atoms with Crippen molar-refractivity contribution in [1.29, 1.82) is 0 Å². The summed E-state index contributed by atoms with van der Waals surface area (Å²) in [6.07, 6.45) is 14.3. The second-order valence-corrected chi connectivity index (χ2v) is 4.59. The van der Waals surface area contributed by atoms with Crippen molar-refractivity contribution < 1.29 is 0 Å². The first-order valence-corrected chi connectivity index (χ1v) is 6.04. The van der Waals surface area contributed by atoms with Gasteiger partial charge in [-0.25, -0.2) is 0 Å². The van der Waals surface area contributed by atoms with Crippen molar-refractivity contribution in [2.24, 2.45) is 11.8 Å². The number of rotatable bonds is 5. The minimum atomic E-state index is 0.680. The minimum absolute atomic E-state index is 0.680. The van der Waals surface area contributed by atoms with Crippen LogP contribution in [0.2, 0.25) is 0 Å². The van der Waals surface area contributed by atoms with E-state index in [2.05, 4.69) is 44.3 Å². The van der Waals surface area contributed by atoms with Gasteiger partial charge in [0.2, 0.25) is 0 Å². The highest BCUT2D eigenvalue weighted by Crippen LogP contribution is 2.22. The fourth-order valence-electron chi connectivity index (χ4n) is 1.84. The van der Waals surface area contributed by atoms with Gasteiger partial charge in [0.05, 0.1) is 0 Å². The minimum Gasteiger partial charge on any atom is -0.365 e. The lowest BCUT2D eigenvalue weighted by molar-refractivity contribution is 0.447. The molecule has 0 spiro atoms. The van der Waals surface area contributed by atoms with Gasteiger partial charge in [-0.3, -0.25) is 0 Å². The van der Waals surface area contributed by atoms with Crippen LogP contribution in [0.25, 0.3) is 0 Å². The van der Waals surface area contributed by atoms with E-state index in [4.69, 9.17) is 0 Å². The van der Waals surface area contributed by atoms with Crippen LogP contribution >= 0.6 is 0 Å². The molecule has 1 heterocycles. The molecule has 84 valence electrons. The lowest BCUT2D eigenvalue weighted by Gasteiger charge is -2.19. The quantitative estimate of drug-likeness (QED) is 0.715. The van der Waals surface area contributed by atoms with Gasteiger partial charge in [0.15, 0.2) is 0 Å². The Kier molecular flexibility index (Phi) is 5.23. The average molecular weight is 205 g/mol. The van der Waals surface area contributed by atoms with E-state index < -0.39 is 0 Å². The molecular formula is C14H23N. The molecule has 0 bridgehead atoms. The summed E-state index contributed by atoms with van der Waals surface area (Å²) in [5, 5.41) is 3.37. The van der Waals surface area contributed by atoms with Gasteiger partial charge in [-0.1, -0.05) is 39.3 Å². The smallest absolute Gasteiger partial charge is 0.0177 e. The van der Waals surface area contributed by atoms with E-state index in [1.807, 2.05) is 12.3 Å². The van der Waals surface area contributed by atoms with E-state index in [1.54, 1.807) is 0 Å². The number of nitrogens with one attached hydrogen (secondary N) is 1. The molecule has 0 amide bonds. The van der Waals surface area contributed by atoms with Crippen molar-refractivity contribution in [1.82, 2.24) is 5.32 Å². The Balaban J connectivity index is 2.53. The molecule has 1 heteroatoms. The molecule has 0 aliphatic carbocycles. The average Bonchev–Trinajstić information content (AvgIpc) is 2.47. The number of hydrogen-bond acceptors (Lipinski definition) is 1. The summed E-state index contributed by atoms with van der Waals surface area (Å²) < 4.78 is 0. The summed E-state index contributed by atoms with van der Waals surface area (Å²) >= 11 is 0. The molecule has 1 rings (SSSR count). The first-order chi connectivity index (χ1) is 7.24. The third-order valence-corrected chi connectivity index (χ3v) is 2.87. The fraction of sp³-hybridized carbons (Fsp3) is 0.571. The molecular weight excluding hydrogens is 182 g/mol. The van der Waals surface area contributed by atoms with Gasteiger partial charge in [0, 0.05) is 11.9 Å². The van der Waals surface area contributed by atoms with Gasteiger partial charge < -0.3 is 5.32 Å². The van der Waals surface area contributed by atoms with Crippen LogP contribution in [0.5, 0.6) is 0 Å². The lowest BCUT2D eigenvalue weighted by Crippen LogP contribution is -2.15. The summed E-state index contributed by atoms with van der Waals surface area (Å²) in [5.41, 5.74) is 1.36. The molecule has 0 fully saturated rings. The fourth-order valence-corrected chi connectivity index (χ4v) is 1.84. The molecule has 15 heavy (non-hydrogen) atoms. The van der Waals surface area contributed by atoms with Crippen molar-refractivity contribution in [3.63, 3.8) is 0 Å². The lowest BCUT2D eigenvalue weighted by atomic mass is 9.92. The van der Waals surface area contributed by atoms with E-state index in [-0.39, 0.29) is 0 Å². The molecule has 1 aliphatic rings. The summed E-state index contributed by atoms with van der Waals surface area (Å²) in [4.78, 5) is 0. The predicted octanol–water partition coefficient (Wildman–Crippen LogP) is 4.01. The maximum atomic E-state index is 3.37. The van der Waals surface area contributed by atoms with Crippen LogP contribution in [0, 0.1) is 11.8 Å². The Morgan fingerprint density at radius 1 is 1.13 bits per heavy atom. The molecule has 1 nitrogen and oxygen atoms in total. The molecule has 0 saturated heterocycles. The standard InChI is InChI=1S/C14H23N/c1-4-13(10-9-12(2)3)14-8-6-5-7-11-15-14/h5-8,11-13,15H,4,9-10H2,1-3H3. The molecule has 0 aromatic rings. The van der Waals surface area contributed by atoms with Gasteiger partial charge >= 0.3 is 0 Å². The van der Waals surface area contributed by atoms with Crippen LogP contribution in [0.1, 0.15) is 40.0 Å². The van der Waals surface area contributed by atoms with Gasteiger partial charge in [-0.2, -0.15) is 0 Å². The predicted molar refractivity (Wildman–Crippen MR) is 67.4 cm³/mol. The molecule has 1 atom stereocenters. The maximum Gasteiger partial charge on any atom is 0.0177 e. The largest absolute Gasteiger partial charge is 0.365 e. The van der Waals surface area contributed by atoms with E-state index in [9.17, 15) is 0 Å². The zero-order valence-corrected chi connectivity index (χ0v) is 10.2. The first-order valence-electron chi connectivity index (χ1n) is 6.04. The summed E-state index contributed by atoms with van der Waals surface area (Å²) in [6.45, 7) is 6.86. The van der Waals surface area contributed by atoms with E-state index in [0.717, 1.165) is 5.92 Å². The zero-order valence-electron chi connectivity index (χ0n) is 10.2. The number of allylic oxidation sites excluding steroid dienone is 5. The normalized spacial score (nSPS) is 17.2. The highest BCUT2D eigenvalue weighted by molar-refractivity contribution is 5.22. The van der Waals surface area contributed by atoms with E-state index >= 15 is 0 Å². The number of hydrogen-bond donors (Lipinski definition) is 1. The van der Waals surface area contributed by atoms with Gasteiger partial charge in [-0.05, 0) is 36.8 Å². The summed E-state index contributed by atoms with van der Waals surface area (Å²) in [6, 6.07) is 0. The molecule has 0 aromatic carbocycles. The van der Waals surface area contributed by atoms with Crippen LogP contribution in [-0.4, -0.2) is 0 Å². The first kappa shape index (κ1) is 12.1. The van der Waals surface area contributed by atoms with Crippen molar-refractivity contribution in [3.05, 3.63) is 36.2 Å². The van der Waals surface area contributed by atoms with E-state index in [1.165, 1.54) is 25.0 Å².